The summed E-state index contributed by atoms with van der Waals surface area (Å²) in [6, 6.07) is 2.76. The lowest BCUT2D eigenvalue weighted by molar-refractivity contribution is 0.176. The third-order valence-electron chi connectivity index (χ3n) is 3.19. The highest BCUT2D eigenvalue weighted by Gasteiger charge is 2.22. The van der Waals surface area contributed by atoms with E-state index in [1.54, 1.807) is 0 Å². The molecule has 1 saturated heterocycles. The van der Waals surface area contributed by atoms with Gasteiger partial charge in [-0.05, 0) is 30.4 Å². The molecule has 0 aliphatic carbocycles. The molecule has 1 N–H and O–H groups in total. The highest BCUT2D eigenvalue weighted by atomic mass is 32.1. The average Bonchev–Trinajstić information content (AvgIpc) is 2.73. The molecule has 3 heteroatoms. The summed E-state index contributed by atoms with van der Waals surface area (Å²) in [7, 11) is 0. The van der Waals surface area contributed by atoms with Crippen LogP contribution in [-0.4, -0.2) is 31.1 Å². The molecule has 1 aliphatic rings. The molecule has 16 heavy (non-hydrogen) atoms. The predicted octanol–water partition coefficient (Wildman–Crippen LogP) is 2.58. The van der Waals surface area contributed by atoms with Gasteiger partial charge in [0.15, 0.2) is 0 Å². The maximum atomic E-state index is 3.90. The highest BCUT2D eigenvalue weighted by molar-refractivity contribution is 7.10. The van der Waals surface area contributed by atoms with Crippen LogP contribution in [0.5, 0.6) is 0 Å². The quantitative estimate of drug-likeness (QED) is 0.808. The normalized spacial score (nSPS) is 19.6. The SMILES string of the molecule is C=CC[C@@H](c1sccc1C)N1CCNCC1. The van der Waals surface area contributed by atoms with Crippen molar-refractivity contribution in [3.05, 3.63) is 34.5 Å². The van der Waals surface area contributed by atoms with Crippen molar-refractivity contribution in [2.24, 2.45) is 0 Å². The molecule has 0 amide bonds. The van der Waals surface area contributed by atoms with Gasteiger partial charge in [0.2, 0.25) is 0 Å². The van der Waals surface area contributed by atoms with Gasteiger partial charge in [0.25, 0.3) is 0 Å². The molecule has 88 valence electrons. The van der Waals surface area contributed by atoms with E-state index in [4.69, 9.17) is 0 Å². The Bertz CT molecular complexity index is 339. The summed E-state index contributed by atoms with van der Waals surface area (Å²) in [6.45, 7) is 10.6. The van der Waals surface area contributed by atoms with Crippen molar-refractivity contribution in [2.45, 2.75) is 19.4 Å². The number of nitrogens with one attached hydrogen (secondary N) is 1. The van der Waals surface area contributed by atoms with E-state index in [2.05, 4.69) is 35.2 Å². The molecule has 1 aliphatic heterocycles. The van der Waals surface area contributed by atoms with E-state index < -0.39 is 0 Å². The number of aryl methyl sites for hydroxylation is 1. The number of rotatable bonds is 4. The third-order valence-corrected chi connectivity index (χ3v) is 4.31. The fourth-order valence-electron chi connectivity index (χ4n) is 2.30. The molecule has 1 fully saturated rings. The van der Waals surface area contributed by atoms with E-state index in [0.717, 1.165) is 32.6 Å². The van der Waals surface area contributed by atoms with Crippen LogP contribution in [0.1, 0.15) is 22.9 Å². The predicted molar refractivity (Wildman–Crippen MR) is 71.1 cm³/mol. The topological polar surface area (TPSA) is 15.3 Å². The van der Waals surface area contributed by atoms with Crippen LogP contribution in [0.2, 0.25) is 0 Å². The standard InChI is InChI=1S/C13H20N2S/c1-3-4-12(13-11(2)5-10-16-13)15-8-6-14-7-9-15/h3,5,10,12,14H,1,4,6-9H2,2H3/t12-/m0/s1. The summed E-state index contributed by atoms with van der Waals surface area (Å²) >= 11 is 1.88. The van der Waals surface area contributed by atoms with Crippen LogP contribution < -0.4 is 5.32 Å². The van der Waals surface area contributed by atoms with Crippen LogP contribution in [0.25, 0.3) is 0 Å². The van der Waals surface area contributed by atoms with Crippen molar-refractivity contribution in [1.29, 1.82) is 0 Å². The summed E-state index contributed by atoms with van der Waals surface area (Å²) < 4.78 is 0. The third kappa shape index (κ3) is 2.54. The van der Waals surface area contributed by atoms with Gasteiger partial charge in [-0.2, -0.15) is 0 Å². The summed E-state index contributed by atoms with van der Waals surface area (Å²) in [5.74, 6) is 0. The maximum absolute atomic E-state index is 3.90. The van der Waals surface area contributed by atoms with Crippen molar-refractivity contribution in [1.82, 2.24) is 10.2 Å². The molecule has 1 aromatic rings. The lowest BCUT2D eigenvalue weighted by Crippen LogP contribution is -2.45. The van der Waals surface area contributed by atoms with Gasteiger partial charge in [-0.1, -0.05) is 6.08 Å². The summed E-state index contributed by atoms with van der Waals surface area (Å²) in [4.78, 5) is 4.10. The number of hydrogen-bond acceptors (Lipinski definition) is 3. The summed E-state index contributed by atoms with van der Waals surface area (Å²) in [6.07, 6.45) is 3.10. The monoisotopic (exact) mass is 236 g/mol. The van der Waals surface area contributed by atoms with E-state index >= 15 is 0 Å². The van der Waals surface area contributed by atoms with Crippen LogP contribution in [0, 0.1) is 6.92 Å². The lowest BCUT2D eigenvalue weighted by atomic mass is 10.1. The Morgan fingerprint density at radius 2 is 2.31 bits per heavy atom. The van der Waals surface area contributed by atoms with Gasteiger partial charge in [-0.15, -0.1) is 17.9 Å². The minimum atomic E-state index is 0.541. The largest absolute Gasteiger partial charge is 0.314 e. The first kappa shape index (κ1) is 11.8. The Labute approximate surface area is 102 Å². The molecule has 0 saturated carbocycles. The minimum absolute atomic E-state index is 0.541. The number of hydrogen-bond donors (Lipinski definition) is 1. The second-order valence-electron chi connectivity index (χ2n) is 4.29. The average molecular weight is 236 g/mol. The summed E-state index contributed by atoms with van der Waals surface area (Å²) in [5.41, 5.74) is 1.43. The van der Waals surface area contributed by atoms with Crippen molar-refractivity contribution < 1.29 is 0 Å². The van der Waals surface area contributed by atoms with Crippen LogP contribution in [-0.2, 0) is 0 Å². The van der Waals surface area contributed by atoms with Crippen LogP contribution in [0.4, 0.5) is 0 Å². The van der Waals surface area contributed by atoms with Gasteiger partial charge >= 0.3 is 0 Å². The van der Waals surface area contributed by atoms with E-state index in [1.165, 1.54) is 10.4 Å². The number of piperazine rings is 1. The Hall–Kier alpha value is -0.640. The molecule has 2 heterocycles. The fraction of sp³-hybridized carbons (Fsp3) is 0.538. The van der Waals surface area contributed by atoms with Crippen molar-refractivity contribution in [3.8, 4) is 0 Å². The molecule has 1 aromatic heterocycles. The first-order valence-corrected chi connectivity index (χ1v) is 6.80. The zero-order valence-corrected chi connectivity index (χ0v) is 10.7. The first-order chi connectivity index (χ1) is 7.83. The first-order valence-electron chi connectivity index (χ1n) is 5.92. The molecule has 0 aromatic carbocycles. The molecular formula is C13H20N2S. The minimum Gasteiger partial charge on any atom is -0.314 e. The van der Waals surface area contributed by atoms with Gasteiger partial charge in [0, 0.05) is 37.1 Å². The highest BCUT2D eigenvalue weighted by Crippen LogP contribution is 2.31. The molecule has 1 atom stereocenters. The van der Waals surface area contributed by atoms with Crippen molar-refractivity contribution >= 4 is 11.3 Å². The van der Waals surface area contributed by atoms with Crippen LogP contribution >= 0.6 is 11.3 Å². The summed E-state index contributed by atoms with van der Waals surface area (Å²) in [5, 5.41) is 5.60. The van der Waals surface area contributed by atoms with Crippen molar-refractivity contribution in [2.75, 3.05) is 26.2 Å². The Morgan fingerprint density at radius 3 is 2.88 bits per heavy atom. The molecule has 0 bridgehead atoms. The van der Waals surface area contributed by atoms with Crippen molar-refractivity contribution in [3.63, 3.8) is 0 Å². The molecule has 0 radical (unpaired) electrons. The van der Waals surface area contributed by atoms with Gasteiger partial charge in [0.1, 0.15) is 0 Å². The van der Waals surface area contributed by atoms with Gasteiger partial charge < -0.3 is 5.32 Å². The number of thiophene rings is 1. The zero-order valence-electron chi connectivity index (χ0n) is 9.91. The second-order valence-corrected chi connectivity index (χ2v) is 5.24. The van der Waals surface area contributed by atoms with Gasteiger partial charge in [0.05, 0.1) is 0 Å². The molecule has 2 rings (SSSR count). The lowest BCUT2D eigenvalue weighted by Gasteiger charge is -2.34. The Kier molecular flexibility index (Phi) is 4.16. The second kappa shape index (κ2) is 5.62. The molecule has 2 nitrogen and oxygen atoms in total. The van der Waals surface area contributed by atoms with Gasteiger partial charge in [-0.3, -0.25) is 4.90 Å². The van der Waals surface area contributed by atoms with E-state index in [9.17, 15) is 0 Å². The van der Waals surface area contributed by atoms with Crippen LogP contribution in [0.3, 0.4) is 0 Å². The van der Waals surface area contributed by atoms with E-state index in [0.29, 0.717) is 6.04 Å². The molecule has 0 spiro atoms. The maximum Gasteiger partial charge on any atom is 0.0479 e. The Balaban J connectivity index is 2.15. The van der Waals surface area contributed by atoms with E-state index in [1.807, 2.05) is 17.4 Å². The number of nitrogens with zero attached hydrogens (tertiary/aromatic N) is 1. The molecular weight excluding hydrogens is 216 g/mol. The smallest absolute Gasteiger partial charge is 0.0479 e. The Morgan fingerprint density at radius 1 is 1.56 bits per heavy atom. The van der Waals surface area contributed by atoms with E-state index in [-0.39, 0.29) is 0 Å². The zero-order chi connectivity index (χ0) is 11.4. The fourth-order valence-corrected chi connectivity index (χ4v) is 3.37. The van der Waals surface area contributed by atoms with Crippen LogP contribution in [0.15, 0.2) is 24.1 Å². The van der Waals surface area contributed by atoms with Gasteiger partial charge in [-0.25, -0.2) is 0 Å². The molecule has 0 unspecified atom stereocenters.